The van der Waals surface area contributed by atoms with Crippen molar-refractivity contribution >= 4 is 22.1 Å². The van der Waals surface area contributed by atoms with Crippen LogP contribution in [0.5, 0.6) is 0 Å². The molecule has 0 unspecified atom stereocenters. The summed E-state index contributed by atoms with van der Waals surface area (Å²) >= 11 is 0. The molecule has 6 aromatic carbocycles. The molecule has 2 heterocycles. The van der Waals surface area contributed by atoms with E-state index in [1.165, 1.54) is 55.6 Å². The molecule has 0 aliphatic heterocycles. The highest BCUT2D eigenvalue weighted by Gasteiger charge is 2.23. The van der Waals surface area contributed by atoms with Crippen LogP contribution in [0.25, 0.3) is 88.8 Å². The maximum absolute atomic E-state index is 6.01. The highest BCUT2D eigenvalue weighted by molar-refractivity contribution is 6.07. The second-order valence-electron chi connectivity index (χ2n) is 11.1. The summed E-state index contributed by atoms with van der Waals surface area (Å²) in [7, 11) is 0. The van der Waals surface area contributed by atoms with Gasteiger partial charge < -0.3 is 4.42 Å². The van der Waals surface area contributed by atoms with E-state index in [-0.39, 0.29) is 0 Å². The minimum Gasteiger partial charge on any atom is -0.454 e. The zero-order chi connectivity index (χ0) is 28.3. The van der Waals surface area contributed by atoms with Crippen molar-refractivity contribution < 1.29 is 4.42 Å². The van der Waals surface area contributed by atoms with Gasteiger partial charge in [0.05, 0.1) is 0 Å². The van der Waals surface area contributed by atoms with Gasteiger partial charge in [0.15, 0.2) is 5.58 Å². The van der Waals surface area contributed by atoms with Gasteiger partial charge in [-0.25, -0.2) is 0 Å². The number of furan rings is 1. The van der Waals surface area contributed by atoms with Crippen molar-refractivity contribution in [1.82, 2.24) is 4.98 Å². The number of hydrogen-bond donors (Lipinski definition) is 0. The molecule has 0 fully saturated rings. The van der Waals surface area contributed by atoms with E-state index in [1.807, 2.05) is 24.4 Å². The molecule has 43 heavy (non-hydrogen) atoms. The van der Waals surface area contributed by atoms with Gasteiger partial charge in [-0.15, -0.1) is 0 Å². The summed E-state index contributed by atoms with van der Waals surface area (Å²) in [6, 6.07) is 52.4. The number of nitrogens with zero attached hydrogens (tertiary/aromatic N) is 1. The Morgan fingerprint density at radius 2 is 0.907 bits per heavy atom. The van der Waals surface area contributed by atoms with Crippen molar-refractivity contribution in [3.8, 4) is 66.8 Å². The molecule has 1 aliphatic rings. The fourth-order valence-electron chi connectivity index (χ4n) is 6.77. The average molecular weight is 548 g/mol. The van der Waals surface area contributed by atoms with Crippen LogP contribution in [0.1, 0.15) is 0 Å². The molecule has 8 aromatic rings. The Kier molecular flexibility index (Phi) is 5.23. The zero-order valence-corrected chi connectivity index (χ0v) is 23.3. The molecule has 0 amide bonds. The Bertz CT molecular complexity index is 2340. The molecular weight excluding hydrogens is 522 g/mol. The van der Waals surface area contributed by atoms with Crippen LogP contribution in [0.15, 0.2) is 156 Å². The van der Waals surface area contributed by atoms with Crippen molar-refractivity contribution in [2.24, 2.45) is 0 Å². The summed E-state index contributed by atoms with van der Waals surface area (Å²) in [6.45, 7) is 0. The van der Waals surface area contributed by atoms with Crippen LogP contribution >= 0.6 is 0 Å². The van der Waals surface area contributed by atoms with E-state index >= 15 is 0 Å². The van der Waals surface area contributed by atoms with Crippen molar-refractivity contribution in [3.05, 3.63) is 152 Å². The first-order valence-corrected chi connectivity index (χ1v) is 14.6. The van der Waals surface area contributed by atoms with Gasteiger partial charge in [0.25, 0.3) is 0 Å². The normalized spacial score (nSPS) is 11.7. The lowest BCUT2D eigenvalue weighted by Crippen LogP contribution is -1.98. The number of pyridine rings is 1. The number of benzene rings is 6. The maximum atomic E-state index is 6.01. The van der Waals surface area contributed by atoms with Gasteiger partial charge in [-0.2, -0.15) is 0 Å². The van der Waals surface area contributed by atoms with E-state index < -0.39 is 0 Å². The van der Waals surface area contributed by atoms with Gasteiger partial charge in [-0.3, -0.25) is 4.98 Å². The predicted octanol–water partition coefficient (Wildman–Crippen LogP) is 11.3. The quantitative estimate of drug-likeness (QED) is 0.215. The van der Waals surface area contributed by atoms with Crippen LogP contribution < -0.4 is 0 Å². The third kappa shape index (κ3) is 3.70. The molecule has 2 nitrogen and oxygen atoms in total. The molecule has 0 N–H and O–H groups in total. The van der Waals surface area contributed by atoms with Gasteiger partial charge in [0, 0.05) is 11.6 Å². The van der Waals surface area contributed by atoms with Crippen molar-refractivity contribution in [3.63, 3.8) is 0 Å². The molecule has 9 rings (SSSR count). The third-order valence-electron chi connectivity index (χ3n) is 8.74. The molecule has 2 heteroatoms. The minimum atomic E-state index is 0.815. The van der Waals surface area contributed by atoms with Crippen molar-refractivity contribution in [2.75, 3.05) is 0 Å². The summed E-state index contributed by atoms with van der Waals surface area (Å²) < 4.78 is 6.01. The fraction of sp³-hybridized carbons (Fsp3) is 0. The van der Waals surface area contributed by atoms with Crippen LogP contribution in [-0.4, -0.2) is 4.98 Å². The summed E-state index contributed by atoms with van der Waals surface area (Å²) in [4.78, 5) is 4.57. The molecule has 0 saturated heterocycles. The lowest BCUT2D eigenvalue weighted by atomic mass is 9.78. The lowest BCUT2D eigenvalue weighted by Gasteiger charge is -2.25. The van der Waals surface area contributed by atoms with E-state index in [0.717, 1.165) is 33.2 Å². The first kappa shape index (κ1) is 23.9. The lowest BCUT2D eigenvalue weighted by molar-refractivity contribution is 0.668. The highest BCUT2D eigenvalue weighted by atomic mass is 16.3. The molecule has 0 spiro atoms. The second kappa shape index (κ2) is 9.40. The van der Waals surface area contributed by atoms with E-state index in [2.05, 4.69) is 132 Å². The molecule has 0 atom stereocenters. The summed E-state index contributed by atoms with van der Waals surface area (Å²) in [5.74, 6) is 0. The smallest absolute Gasteiger partial charge is 0.153 e. The van der Waals surface area contributed by atoms with Crippen LogP contribution in [0.3, 0.4) is 0 Å². The molecule has 200 valence electrons. The fourth-order valence-corrected chi connectivity index (χ4v) is 6.77. The van der Waals surface area contributed by atoms with Crippen molar-refractivity contribution in [1.29, 1.82) is 0 Å². The molecule has 1 aliphatic carbocycles. The summed E-state index contributed by atoms with van der Waals surface area (Å²) in [5, 5.41) is 1.04. The van der Waals surface area contributed by atoms with Crippen molar-refractivity contribution in [2.45, 2.75) is 0 Å². The number of hydrogen-bond acceptors (Lipinski definition) is 2. The Labute approximate surface area is 249 Å². The topological polar surface area (TPSA) is 26.0 Å². The molecule has 0 bridgehead atoms. The van der Waals surface area contributed by atoms with Gasteiger partial charge >= 0.3 is 0 Å². The molecular formula is C41H25NO. The third-order valence-corrected chi connectivity index (χ3v) is 8.74. The summed E-state index contributed by atoms with van der Waals surface area (Å²) in [5.41, 5.74) is 17.4. The Morgan fingerprint density at radius 3 is 1.60 bits per heavy atom. The van der Waals surface area contributed by atoms with Crippen LogP contribution in [0, 0.1) is 0 Å². The zero-order valence-electron chi connectivity index (χ0n) is 23.3. The second-order valence-corrected chi connectivity index (χ2v) is 11.1. The van der Waals surface area contributed by atoms with Crippen LogP contribution in [-0.2, 0) is 0 Å². The van der Waals surface area contributed by atoms with Gasteiger partial charge in [-0.1, -0.05) is 121 Å². The van der Waals surface area contributed by atoms with Gasteiger partial charge in [0.1, 0.15) is 11.1 Å². The standard InChI is InChI=1S/C41H25NO/c1-2-10-31-30(9-1)32-11-3-4-12-34(32)36-16-7-15-29(40(36)35-14-6-5-13-33(31)35)27-20-18-26(19-21-27)28-22-23-38-37(25-28)41-39(43-38)17-8-24-42-41/h1-25H. The Hall–Kier alpha value is -5.73. The Morgan fingerprint density at radius 1 is 0.372 bits per heavy atom. The van der Waals surface area contributed by atoms with E-state index in [0.29, 0.717) is 0 Å². The first-order chi connectivity index (χ1) is 21.3. The Balaban J connectivity index is 1.23. The molecule has 0 radical (unpaired) electrons. The largest absolute Gasteiger partial charge is 0.454 e. The predicted molar refractivity (Wildman–Crippen MR) is 178 cm³/mol. The minimum absolute atomic E-state index is 0.815. The van der Waals surface area contributed by atoms with Crippen LogP contribution in [0.2, 0.25) is 0 Å². The number of aromatic nitrogens is 1. The number of fused-ring (bicyclic) bond motifs is 11. The summed E-state index contributed by atoms with van der Waals surface area (Å²) in [6.07, 6.45) is 1.82. The SMILES string of the molecule is c1ccc2c(c1)-c1ccccc1-c1cccc(-c3ccc(-c4ccc5oc6cccnc6c5c4)cc3)c1-c1ccccc1-2. The molecule has 0 saturated carbocycles. The number of rotatable bonds is 2. The average Bonchev–Trinajstić information content (AvgIpc) is 3.45. The molecule has 2 aromatic heterocycles. The van der Waals surface area contributed by atoms with Crippen LogP contribution in [0.4, 0.5) is 0 Å². The van der Waals surface area contributed by atoms with E-state index in [4.69, 9.17) is 4.42 Å². The first-order valence-electron chi connectivity index (χ1n) is 14.6. The van der Waals surface area contributed by atoms with Gasteiger partial charge in [-0.05, 0) is 91.0 Å². The highest BCUT2D eigenvalue weighted by Crippen LogP contribution is 2.50. The van der Waals surface area contributed by atoms with E-state index in [1.54, 1.807) is 0 Å². The maximum Gasteiger partial charge on any atom is 0.153 e. The van der Waals surface area contributed by atoms with Gasteiger partial charge in [0.2, 0.25) is 0 Å². The van der Waals surface area contributed by atoms with E-state index in [9.17, 15) is 0 Å². The monoisotopic (exact) mass is 547 g/mol.